The van der Waals surface area contributed by atoms with E-state index in [0.717, 1.165) is 77.0 Å². The molecule has 4 atom stereocenters. The summed E-state index contributed by atoms with van der Waals surface area (Å²) >= 11 is 0. The van der Waals surface area contributed by atoms with Crippen LogP contribution in [0.5, 0.6) is 17.2 Å². The summed E-state index contributed by atoms with van der Waals surface area (Å²) in [5.74, 6) is 0.751. The summed E-state index contributed by atoms with van der Waals surface area (Å²) in [4.78, 5) is 13.1. The standard InChI is InChI=1S/C31H55NO9/c1-4-7-10-13-16-39-26-19-23(31(38)32-21-24(34)28(36)29(37)25(35)22-33)20-27(40-17-14-11-8-5-2)30(26)41-18-15-12-9-6-3/h19-20,24-25,28-29,33-37H,4-18,21-22H2,1-3H3,(H,32,38)/t24-,25+,28+,29+/m0/s1. The Hall–Kier alpha value is -2.11. The third kappa shape index (κ3) is 14.6. The Morgan fingerprint density at radius 3 is 1.56 bits per heavy atom. The first-order chi connectivity index (χ1) is 19.8. The quantitative estimate of drug-likeness (QED) is 0.0941. The lowest BCUT2D eigenvalue weighted by Crippen LogP contribution is -2.49. The SMILES string of the molecule is CCCCCCOc1cc(C(=O)NC[C@H](O)[C@@H](O)[C@H](O)[C@H](O)CO)cc(OCCCCCC)c1OCCCCCC. The highest BCUT2D eigenvalue weighted by Crippen LogP contribution is 2.39. The van der Waals surface area contributed by atoms with Crippen LogP contribution < -0.4 is 19.5 Å². The first-order valence-electron chi connectivity index (χ1n) is 15.5. The van der Waals surface area contributed by atoms with Crippen molar-refractivity contribution in [3.63, 3.8) is 0 Å². The van der Waals surface area contributed by atoms with Crippen molar-refractivity contribution < 1.29 is 44.5 Å². The first kappa shape index (κ1) is 36.9. The molecule has 0 radical (unpaired) electrons. The van der Waals surface area contributed by atoms with Crippen molar-refractivity contribution in [2.24, 2.45) is 0 Å². The Morgan fingerprint density at radius 2 is 1.12 bits per heavy atom. The van der Waals surface area contributed by atoms with E-state index in [9.17, 15) is 25.2 Å². The van der Waals surface area contributed by atoms with E-state index < -0.39 is 43.5 Å². The Labute approximate surface area is 246 Å². The van der Waals surface area contributed by atoms with Crippen LogP contribution in [0.15, 0.2) is 12.1 Å². The van der Waals surface area contributed by atoms with E-state index in [-0.39, 0.29) is 5.56 Å². The predicted octanol–water partition coefficient (Wildman–Crippen LogP) is 3.73. The van der Waals surface area contributed by atoms with Gasteiger partial charge in [-0.3, -0.25) is 4.79 Å². The molecule has 0 unspecified atom stereocenters. The highest BCUT2D eigenvalue weighted by atomic mass is 16.5. The van der Waals surface area contributed by atoms with Crippen LogP contribution in [0.2, 0.25) is 0 Å². The van der Waals surface area contributed by atoms with Crippen molar-refractivity contribution >= 4 is 5.91 Å². The van der Waals surface area contributed by atoms with Crippen LogP contribution >= 0.6 is 0 Å². The molecule has 0 saturated heterocycles. The Morgan fingerprint density at radius 1 is 0.683 bits per heavy atom. The fraction of sp³-hybridized carbons (Fsp3) is 0.774. The molecule has 6 N–H and O–H groups in total. The molecule has 0 saturated carbocycles. The minimum atomic E-state index is -1.78. The van der Waals surface area contributed by atoms with Gasteiger partial charge in [-0.15, -0.1) is 0 Å². The number of unbranched alkanes of at least 4 members (excludes halogenated alkanes) is 9. The van der Waals surface area contributed by atoms with Crippen molar-refractivity contribution in [3.8, 4) is 17.2 Å². The molecule has 41 heavy (non-hydrogen) atoms. The third-order valence-corrected chi connectivity index (χ3v) is 6.84. The summed E-state index contributed by atoms with van der Waals surface area (Å²) in [7, 11) is 0. The number of ether oxygens (including phenoxy) is 3. The van der Waals surface area contributed by atoms with Gasteiger partial charge in [0.05, 0.1) is 32.5 Å². The molecule has 0 aliphatic heterocycles. The van der Waals surface area contributed by atoms with Gasteiger partial charge < -0.3 is 45.1 Å². The topological polar surface area (TPSA) is 158 Å². The maximum absolute atomic E-state index is 13.1. The number of hydrogen-bond acceptors (Lipinski definition) is 9. The molecule has 0 aliphatic carbocycles. The highest BCUT2D eigenvalue weighted by molar-refractivity contribution is 5.95. The maximum atomic E-state index is 13.1. The number of benzene rings is 1. The van der Waals surface area contributed by atoms with Crippen LogP contribution in [0.25, 0.3) is 0 Å². The summed E-state index contributed by atoms with van der Waals surface area (Å²) in [6.07, 6.45) is 5.64. The molecule has 0 fully saturated rings. The normalized spacial score (nSPS) is 14.2. The fourth-order valence-electron chi connectivity index (χ4n) is 4.17. The molecule has 0 spiro atoms. The second kappa shape index (κ2) is 22.5. The summed E-state index contributed by atoms with van der Waals surface area (Å²) < 4.78 is 18.4. The molecule has 238 valence electrons. The molecule has 0 aromatic heterocycles. The van der Waals surface area contributed by atoms with Gasteiger partial charge in [0.1, 0.15) is 18.3 Å². The van der Waals surface area contributed by atoms with Crippen LogP contribution in [-0.4, -0.2) is 88.8 Å². The molecule has 0 aliphatic rings. The van der Waals surface area contributed by atoms with Crippen LogP contribution in [0.3, 0.4) is 0 Å². The van der Waals surface area contributed by atoms with Crippen LogP contribution in [0.4, 0.5) is 0 Å². The van der Waals surface area contributed by atoms with Crippen molar-refractivity contribution in [1.29, 1.82) is 0 Å². The van der Waals surface area contributed by atoms with Gasteiger partial charge in [-0.25, -0.2) is 0 Å². The minimum absolute atomic E-state index is 0.230. The van der Waals surface area contributed by atoms with Crippen molar-refractivity contribution in [3.05, 3.63) is 17.7 Å². The zero-order valence-electron chi connectivity index (χ0n) is 25.4. The van der Waals surface area contributed by atoms with Crippen LogP contribution in [-0.2, 0) is 0 Å². The zero-order chi connectivity index (χ0) is 30.5. The first-order valence-corrected chi connectivity index (χ1v) is 15.5. The zero-order valence-corrected chi connectivity index (χ0v) is 25.4. The lowest BCUT2D eigenvalue weighted by molar-refractivity contribution is -0.113. The molecule has 0 bridgehead atoms. The van der Waals surface area contributed by atoms with Crippen LogP contribution in [0.1, 0.15) is 108 Å². The Kier molecular flexibility index (Phi) is 20.2. The number of carbonyl (C=O) groups excluding carboxylic acids is 1. The minimum Gasteiger partial charge on any atom is -0.490 e. The van der Waals surface area contributed by atoms with E-state index in [4.69, 9.17) is 19.3 Å². The average molecular weight is 586 g/mol. The van der Waals surface area contributed by atoms with E-state index in [2.05, 4.69) is 26.1 Å². The van der Waals surface area contributed by atoms with Crippen LogP contribution in [0, 0.1) is 0 Å². The summed E-state index contributed by atoms with van der Waals surface area (Å²) in [6.45, 7) is 6.67. The molecule has 1 rings (SSSR count). The summed E-state index contributed by atoms with van der Waals surface area (Å²) in [5, 5.41) is 51.2. The average Bonchev–Trinajstić information content (AvgIpc) is 2.98. The molecular weight excluding hydrogens is 530 g/mol. The second-order valence-electron chi connectivity index (χ2n) is 10.5. The number of rotatable bonds is 25. The maximum Gasteiger partial charge on any atom is 0.251 e. The van der Waals surface area contributed by atoms with Crippen molar-refractivity contribution in [1.82, 2.24) is 5.32 Å². The van der Waals surface area contributed by atoms with Gasteiger partial charge >= 0.3 is 0 Å². The molecule has 0 heterocycles. The molecular formula is C31H55NO9. The monoisotopic (exact) mass is 585 g/mol. The van der Waals surface area contributed by atoms with Gasteiger partial charge in [-0.2, -0.15) is 0 Å². The van der Waals surface area contributed by atoms with Crippen molar-refractivity contribution in [2.75, 3.05) is 33.0 Å². The van der Waals surface area contributed by atoms with E-state index in [1.807, 2.05) is 0 Å². The summed E-state index contributed by atoms with van der Waals surface area (Å²) in [6, 6.07) is 3.18. The number of aliphatic hydroxyl groups is 5. The lowest BCUT2D eigenvalue weighted by Gasteiger charge is -2.25. The number of aliphatic hydroxyl groups excluding tert-OH is 5. The van der Waals surface area contributed by atoms with Crippen molar-refractivity contribution in [2.45, 2.75) is 122 Å². The molecule has 10 nitrogen and oxygen atoms in total. The molecule has 1 aromatic carbocycles. The van der Waals surface area contributed by atoms with Gasteiger partial charge in [0.25, 0.3) is 5.91 Å². The number of hydrogen-bond donors (Lipinski definition) is 6. The van der Waals surface area contributed by atoms with Gasteiger partial charge in [-0.1, -0.05) is 78.6 Å². The van der Waals surface area contributed by atoms with Gasteiger partial charge in [0, 0.05) is 12.1 Å². The van der Waals surface area contributed by atoms with E-state index in [1.165, 1.54) is 0 Å². The van der Waals surface area contributed by atoms with E-state index in [1.54, 1.807) is 12.1 Å². The van der Waals surface area contributed by atoms with Gasteiger partial charge in [0.2, 0.25) is 5.75 Å². The number of carbonyl (C=O) groups is 1. The predicted molar refractivity (Wildman–Crippen MR) is 159 cm³/mol. The fourth-order valence-corrected chi connectivity index (χ4v) is 4.17. The van der Waals surface area contributed by atoms with E-state index in [0.29, 0.717) is 37.1 Å². The number of amides is 1. The lowest BCUT2D eigenvalue weighted by atomic mass is 10.0. The third-order valence-electron chi connectivity index (χ3n) is 6.84. The second-order valence-corrected chi connectivity index (χ2v) is 10.5. The highest BCUT2D eigenvalue weighted by Gasteiger charge is 2.30. The molecule has 10 heteroatoms. The molecule has 1 amide bonds. The van der Waals surface area contributed by atoms with E-state index >= 15 is 0 Å². The largest absolute Gasteiger partial charge is 0.490 e. The van der Waals surface area contributed by atoms with Gasteiger partial charge in [-0.05, 0) is 31.4 Å². The Balaban J connectivity index is 3.13. The number of nitrogens with one attached hydrogen (secondary N) is 1. The smallest absolute Gasteiger partial charge is 0.251 e. The summed E-state index contributed by atoms with van der Waals surface area (Å²) in [5.41, 5.74) is 0.230. The molecule has 1 aromatic rings. The Bertz CT molecular complexity index is 788. The van der Waals surface area contributed by atoms with Gasteiger partial charge in [0.15, 0.2) is 11.5 Å².